The molecule has 0 unspecified atom stereocenters. The number of hydrogen-bond donors (Lipinski definition) is 2. The summed E-state index contributed by atoms with van der Waals surface area (Å²) in [6.45, 7) is 5.25. The smallest absolute Gasteiger partial charge is 0.317 e. The molecule has 1 aromatic heterocycles. The molecule has 24 heavy (non-hydrogen) atoms. The van der Waals surface area contributed by atoms with E-state index in [2.05, 4.69) is 27.9 Å². The third-order valence-electron chi connectivity index (χ3n) is 4.83. The van der Waals surface area contributed by atoms with Gasteiger partial charge in [-0.1, -0.05) is 12.1 Å². The minimum Gasteiger partial charge on any atom is -0.396 e. The van der Waals surface area contributed by atoms with E-state index in [9.17, 15) is 4.79 Å². The molecule has 3 rings (SSSR count). The van der Waals surface area contributed by atoms with Crippen molar-refractivity contribution in [3.05, 3.63) is 30.1 Å². The Bertz CT molecular complexity index is 689. The van der Waals surface area contributed by atoms with Crippen LogP contribution in [-0.2, 0) is 13.0 Å². The molecule has 6 heteroatoms. The van der Waals surface area contributed by atoms with Gasteiger partial charge in [0.15, 0.2) is 0 Å². The Morgan fingerprint density at radius 3 is 2.79 bits per heavy atom. The largest absolute Gasteiger partial charge is 0.396 e. The van der Waals surface area contributed by atoms with E-state index < -0.39 is 0 Å². The van der Waals surface area contributed by atoms with Gasteiger partial charge >= 0.3 is 6.03 Å². The Morgan fingerprint density at radius 1 is 1.33 bits per heavy atom. The third kappa shape index (κ3) is 3.53. The number of urea groups is 1. The van der Waals surface area contributed by atoms with Gasteiger partial charge in [-0.05, 0) is 37.8 Å². The number of aryl methyl sites for hydroxylation is 1. The Hall–Kier alpha value is -2.08. The van der Waals surface area contributed by atoms with E-state index in [1.165, 1.54) is 0 Å². The zero-order valence-electron chi connectivity index (χ0n) is 14.2. The summed E-state index contributed by atoms with van der Waals surface area (Å²) in [6.07, 6.45) is 2.49. The third-order valence-corrected chi connectivity index (χ3v) is 4.83. The first-order valence-electron chi connectivity index (χ1n) is 8.80. The standard InChI is InChI=1S/C18H26N4O2/c1-2-22-16-6-4-3-5-15(16)20-17(22)7-10-19-18(24)21-11-8-14(13-23)9-12-21/h3-6,14,23H,2,7-13H2,1H3,(H,19,24). The topological polar surface area (TPSA) is 70.4 Å². The van der Waals surface area contributed by atoms with Crippen LogP contribution in [-0.4, -0.2) is 51.8 Å². The number of benzene rings is 1. The van der Waals surface area contributed by atoms with Crippen molar-refractivity contribution in [2.24, 2.45) is 5.92 Å². The van der Waals surface area contributed by atoms with Crippen molar-refractivity contribution in [1.29, 1.82) is 0 Å². The number of imidazole rings is 1. The number of nitrogens with zero attached hydrogens (tertiary/aromatic N) is 3. The molecule has 1 aliphatic heterocycles. The van der Waals surface area contributed by atoms with Gasteiger partial charge in [-0.25, -0.2) is 9.78 Å². The van der Waals surface area contributed by atoms with E-state index in [4.69, 9.17) is 5.11 Å². The van der Waals surface area contributed by atoms with Gasteiger partial charge in [0.25, 0.3) is 0 Å². The van der Waals surface area contributed by atoms with E-state index in [0.717, 1.165) is 55.8 Å². The van der Waals surface area contributed by atoms with Crippen LogP contribution in [0.25, 0.3) is 11.0 Å². The highest BCUT2D eigenvalue weighted by Gasteiger charge is 2.22. The minimum atomic E-state index is -0.00875. The van der Waals surface area contributed by atoms with Crippen molar-refractivity contribution >= 4 is 17.1 Å². The molecule has 0 atom stereocenters. The number of nitrogens with one attached hydrogen (secondary N) is 1. The van der Waals surface area contributed by atoms with Crippen molar-refractivity contribution in [2.45, 2.75) is 32.7 Å². The number of fused-ring (bicyclic) bond motifs is 1. The second-order valence-electron chi connectivity index (χ2n) is 6.36. The number of aromatic nitrogens is 2. The molecule has 0 bridgehead atoms. The summed E-state index contributed by atoms with van der Waals surface area (Å²) in [5.41, 5.74) is 2.15. The highest BCUT2D eigenvalue weighted by Crippen LogP contribution is 2.17. The van der Waals surface area contributed by atoms with Crippen LogP contribution in [0.1, 0.15) is 25.6 Å². The number of carbonyl (C=O) groups is 1. The fourth-order valence-electron chi connectivity index (χ4n) is 3.38. The SMILES string of the molecule is CCn1c(CCNC(=O)N2CCC(CO)CC2)nc2ccccc21. The number of hydrogen-bond acceptors (Lipinski definition) is 3. The summed E-state index contributed by atoms with van der Waals surface area (Å²) in [7, 11) is 0. The lowest BCUT2D eigenvalue weighted by Crippen LogP contribution is -2.45. The maximum atomic E-state index is 12.2. The highest BCUT2D eigenvalue weighted by molar-refractivity contribution is 5.76. The summed E-state index contributed by atoms with van der Waals surface area (Å²) in [6, 6.07) is 8.12. The molecule has 2 heterocycles. The van der Waals surface area contributed by atoms with E-state index in [0.29, 0.717) is 12.5 Å². The number of likely N-dealkylation sites (tertiary alicyclic amines) is 1. The molecule has 2 amide bonds. The van der Waals surface area contributed by atoms with Crippen LogP contribution < -0.4 is 5.32 Å². The molecule has 1 fully saturated rings. The van der Waals surface area contributed by atoms with Crippen LogP contribution in [0.4, 0.5) is 4.79 Å². The zero-order valence-corrected chi connectivity index (χ0v) is 14.2. The van der Waals surface area contributed by atoms with Crippen LogP contribution in [0, 0.1) is 5.92 Å². The van der Waals surface area contributed by atoms with Crippen molar-refractivity contribution in [2.75, 3.05) is 26.2 Å². The van der Waals surface area contributed by atoms with Crippen molar-refractivity contribution in [3.8, 4) is 0 Å². The summed E-state index contributed by atoms with van der Waals surface area (Å²) in [5.74, 6) is 1.36. The number of amides is 2. The van der Waals surface area contributed by atoms with Crippen LogP contribution in [0.5, 0.6) is 0 Å². The molecule has 130 valence electrons. The number of aliphatic hydroxyl groups excluding tert-OH is 1. The molecule has 0 spiro atoms. The quantitative estimate of drug-likeness (QED) is 0.881. The van der Waals surface area contributed by atoms with Crippen LogP contribution in [0.3, 0.4) is 0 Å². The normalized spacial score (nSPS) is 15.8. The Kier molecular flexibility index (Phi) is 5.35. The molecule has 0 aliphatic carbocycles. The summed E-state index contributed by atoms with van der Waals surface area (Å²) >= 11 is 0. The molecule has 2 N–H and O–H groups in total. The average Bonchev–Trinajstić information content (AvgIpc) is 2.99. The summed E-state index contributed by atoms with van der Waals surface area (Å²) in [4.78, 5) is 18.8. The van der Waals surface area contributed by atoms with Crippen molar-refractivity contribution in [1.82, 2.24) is 19.8 Å². The second-order valence-corrected chi connectivity index (χ2v) is 6.36. The molecule has 6 nitrogen and oxygen atoms in total. The average molecular weight is 330 g/mol. The van der Waals surface area contributed by atoms with Gasteiger partial charge in [0.05, 0.1) is 11.0 Å². The molecule has 0 radical (unpaired) electrons. The van der Waals surface area contributed by atoms with Gasteiger partial charge in [-0.3, -0.25) is 0 Å². The first-order valence-corrected chi connectivity index (χ1v) is 8.80. The lowest BCUT2D eigenvalue weighted by molar-refractivity contribution is 0.137. The zero-order chi connectivity index (χ0) is 16.9. The highest BCUT2D eigenvalue weighted by atomic mass is 16.3. The Balaban J connectivity index is 1.54. The van der Waals surface area contributed by atoms with Gasteiger partial charge in [-0.2, -0.15) is 0 Å². The van der Waals surface area contributed by atoms with E-state index in [1.54, 1.807) is 0 Å². The lowest BCUT2D eigenvalue weighted by Gasteiger charge is -2.31. The van der Waals surface area contributed by atoms with Crippen molar-refractivity contribution < 1.29 is 9.90 Å². The molecule has 0 saturated carbocycles. The molecule has 2 aromatic rings. The van der Waals surface area contributed by atoms with Gasteiger partial charge in [-0.15, -0.1) is 0 Å². The summed E-state index contributed by atoms with van der Waals surface area (Å²) < 4.78 is 2.20. The van der Waals surface area contributed by atoms with Gasteiger partial charge < -0.3 is 19.9 Å². The number of piperidine rings is 1. The Morgan fingerprint density at radius 2 is 2.08 bits per heavy atom. The molecular weight excluding hydrogens is 304 g/mol. The first-order chi connectivity index (χ1) is 11.7. The van der Waals surface area contributed by atoms with Gasteiger partial charge in [0, 0.05) is 39.2 Å². The van der Waals surface area contributed by atoms with E-state index in [1.807, 2.05) is 23.1 Å². The van der Waals surface area contributed by atoms with Gasteiger partial charge in [0.2, 0.25) is 0 Å². The maximum Gasteiger partial charge on any atom is 0.317 e. The van der Waals surface area contributed by atoms with Crippen LogP contribution >= 0.6 is 0 Å². The monoisotopic (exact) mass is 330 g/mol. The molecule has 1 aliphatic rings. The fourth-order valence-corrected chi connectivity index (χ4v) is 3.38. The number of carbonyl (C=O) groups excluding carboxylic acids is 1. The maximum absolute atomic E-state index is 12.2. The first kappa shape index (κ1) is 16.8. The predicted molar refractivity (Wildman–Crippen MR) is 93.9 cm³/mol. The van der Waals surface area contributed by atoms with Crippen molar-refractivity contribution in [3.63, 3.8) is 0 Å². The van der Waals surface area contributed by atoms with Gasteiger partial charge in [0.1, 0.15) is 5.82 Å². The predicted octanol–water partition coefficient (Wildman–Crippen LogP) is 2.01. The summed E-state index contributed by atoms with van der Waals surface area (Å²) in [5, 5.41) is 12.2. The minimum absolute atomic E-state index is 0.00875. The molecular formula is C18H26N4O2. The van der Waals surface area contributed by atoms with E-state index >= 15 is 0 Å². The lowest BCUT2D eigenvalue weighted by atomic mass is 9.98. The van der Waals surface area contributed by atoms with Crippen LogP contribution in [0.2, 0.25) is 0 Å². The Labute approximate surface area is 142 Å². The van der Waals surface area contributed by atoms with Crippen LogP contribution in [0.15, 0.2) is 24.3 Å². The van der Waals surface area contributed by atoms with E-state index in [-0.39, 0.29) is 12.6 Å². The number of para-hydroxylation sites is 2. The molecule has 1 saturated heterocycles. The second kappa shape index (κ2) is 7.66. The molecule has 1 aromatic carbocycles. The number of rotatable bonds is 5. The fraction of sp³-hybridized carbons (Fsp3) is 0.556. The number of aliphatic hydroxyl groups is 1.